The number of hydrogen-bond acceptors (Lipinski definition) is 5. The third kappa shape index (κ3) is 2.45. The van der Waals surface area contributed by atoms with Gasteiger partial charge in [-0.05, 0) is 30.3 Å². The first-order valence-electron chi connectivity index (χ1n) is 6.57. The quantitative estimate of drug-likeness (QED) is 0.509. The van der Waals surface area contributed by atoms with Crippen molar-refractivity contribution in [3.63, 3.8) is 0 Å². The molecule has 0 saturated heterocycles. The minimum atomic E-state index is -4.46. The zero-order chi connectivity index (χ0) is 16.9. The molecule has 0 N–H and O–H groups in total. The van der Waals surface area contributed by atoms with Crippen LogP contribution in [0.1, 0.15) is 5.56 Å². The van der Waals surface area contributed by atoms with Crippen molar-refractivity contribution in [1.82, 2.24) is 19.8 Å². The van der Waals surface area contributed by atoms with Gasteiger partial charge in [-0.1, -0.05) is 22.9 Å². The maximum Gasteiger partial charge on any atom is 0.416 e. The summed E-state index contributed by atoms with van der Waals surface area (Å²) in [6.45, 7) is 0. The lowest BCUT2D eigenvalue weighted by molar-refractivity contribution is -0.137. The predicted octanol–water partition coefficient (Wildman–Crippen LogP) is 4.79. The Bertz CT molecular complexity index is 1020. The topological polar surface area (TPSA) is 56.2 Å². The monoisotopic (exact) mass is 370 g/mol. The molecular weight excluding hydrogens is 365 g/mol. The van der Waals surface area contributed by atoms with Crippen molar-refractivity contribution < 1.29 is 17.6 Å². The number of alkyl halides is 3. The Labute approximate surface area is 141 Å². The van der Waals surface area contributed by atoms with Crippen LogP contribution in [0.2, 0.25) is 5.02 Å². The van der Waals surface area contributed by atoms with Gasteiger partial charge < -0.3 is 4.42 Å². The first-order valence-corrected chi connectivity index (χ1v) is 7.76. The van der Waals surface area contributed by atoms with E-state index in [9.17, 15) is 13.2 Å². The average Bonchev–Trinajstić information content (AvgIpc) is 3.22. The third-order valence-corrected chi connectivity index (χ3v) is 4.52. The van der Waals surface area contributed by atoms with E-state index in [-0.39, 0.29) is 10.6 Å². The lowest BCUT2D eigenvalue weighted by atomic mass is 10.1. The van der Waals surface area contributed by atoms with Gasteiger partial charge in [-0.3, -0.25) is 0 Å². The lowest BCUT2D eigenvalue weighted by Gasteiger charge is -2.08. The second kappa shape index (κ2) is 5.32. The van der Waals surface area contributed by atoms with Crippen LogP contribution in [-0.4, -0.2) is 19.8 Å². The summed E-state index contributed by atoms with van der Waals surface area (Å²) in [6.07, 6.45) is -2.98. The first kappa shape index (κ1) is 15.2. The van der Waals surface area contributed by atoms with Crippen molar-refractivity contribution in [2.24, 2.45) is 0 Å². The van der Waals surface area contributed by atoms with E-state index in [1.54, 1.807) is 12.1 Å². The molecule has 0 atom stereocenters. The van der Waals surface area contributed by atoms with Gasteiger partial charge in [-0.25, -0.2) is 0 Å². The molecule has 4 rings (SSSR count). The second-order valence-electron chi connectivity index (χ2n) is 4.79. The fraction of sp³-hybridized carbons (Fsp3) is 0.0714. The summed E-state index contributed by atoms with van der Waals surface area (Å²) in [5.74, 6) is 0.815. The Balaban J connectivity index is 1.86. The van der Waals surface area contributed by atoms with Crippen molar-refractivity contribution in [3.8, 4) is 22.2 Å². The highest BCUT2D eigenvalue weighted by molar-refractivity contribution is 7.19. The van der Waals surface area contributed by atoms with Crippen molar-refractivity contribution >= 4 is 27.9 Å². The van der Waals surface area contributed by atoms with E-state index >= 15 is 0 Å². The Morgan fingerprint density at radius 2 is 2.00 bits per heavy atom. The Hall–Kier alpha value is -2.39. The van der Waals surface area contributed by atoms with Crippen LogP contribution in [0.4, 0.5) is 13.2 Å². The lowest BCUT2D eigenvalue weighted by Crippen LogP contribution is -2.04. The van der Waals surface area contributed by atoms with Gasteiger partial charge in [0.15, 0.2) is 5.76 Å². The molecule has 4 aromatic rings. The number of halogens is 4. The normalized spacial score (nSPS) is 12.2. The zero-order valence-corrected chi connectivity index (χ0v) is 13.2. The van der Waals surface area contributed by atoms with Gasteiger partial charge in [0, 0.05) is 5.56 Å². The van der Waals surface area contributed by atoms with Crippen LogP contribution < -0.4 is 0 Å². The summed E-state index contributed by atoms with van der Waals surface area (Å²) < 4.78 is 45.4. The van der Waals surface area contributed by atoms with Gasteiger partial charge >= 0.3 is 6.18 Å². The molecule has 0 aliphatic heterocycles. The molecule has 0 aliphatic rings. The summed E-state index contributed by atoms with van der Waals surface area (Å²) >= 11 is 7.14. The van der Waals surface area contributed by atoms with E-state index in [4.69, 9.17) is 16.0 Å². The molecular formula is C14H6ClF3N4OS. The maximum absolute atomic E-state index is 12.9. The summed E-state index contributed by atoms with van der Waals surface area (Å²) in [5.41, 5.74) is -0.605. The highest BCUT2D eigenvalue weighted by Gasteiger charge is 2.31. The van der Waals surface area contributed by atoms with Gasteiger partial charge in [0.2, 0.25) is 10.8 Å². The second-order valence-corrected chi connectivity index (χ2v) is 6.16. The fourth-order valence-corrected chi connectivity index (χ4v) is 3.28. The molecule has 0 spiro atoms. The Morgan fingerprint density at radius 3 is 2.71 bits per heavy atom. The van der Waals surface area contributed by atoms with Crippen molar-refractivity contribution in [2.75, 3.05) is 0 Å². The minimum Gasteiger partial charge on any atom is -0.461 e. The molecule has 24 heavy (non-hydrogen) atoms. The Morgan fingerprint density at radius 1 is 1.17 bits per heavy atom. The zero-order valence-electron chi connectivity index (χ0n) is 11.6. The number of nitrogens with zero attached hydrogens (tertiary/aromatic N) is 4. The smallest absolute Gasteiger partial charge is 0.416 e. The van der Waals surface area contributed by atoms with E-state index in [0.717, 1.165) is 23.5 Å². The standard InChI is InChI=1S/C14H6ClF3N4OS/c15-9-4-3-7(14(16,17)18)6-8(9)12-21-22-11(10-2-1-5-23-10)19-20-13(22)24-12/h1-6H. The van der Waals surface area contributed by atoms with Gasteiger partial charge in [0.1, 0.15) is 5.01 Å². The largest absolute Gasteiger partial charge is 0.461 e. The first-order chi connectivity index (χ1) is 11.4. The van der Waals surface area contributed by atoms with E-state index in [2.05, 4.69) is 15.3 Å². The van der Waals surface area contributed by atoms with Gasteiger partial charge in [-0.2, -0.15) is 22.8 Å². The molecule has 0 radical (unpaired) electrons. The maximum atomic E-state index is 12.9. The molecule has 3 aromatic heterocycles. The van der Waals surface area contributed by atoms with Crippen LogP contribution in [0.15, 0.2) is 41.0 Å². The molecule has 0 amide bonds. The summed E-state index contributed by atoms with van der Waals surface area (Å²) in [6, 6.07) is 6.48. The molecule has 0 fully saturated rings. The highest BCUT2D eigenvalue weighted by atomic mass is 35.5. The van der Waals surface area contributed by atoms with E-state index in [1.807, 2.05) is 0 Å². The van der Waals surface area contributed by atoms with Gasteiger partial charge in [0.05, 0.1) is 16.8 Å². The molecule has 10 heteroatoms. The van der Waals surface area contributed by atoms with Gasteiger partial charge in [-0.15, -0.1) is 10.2 Å². The Kier molecular flexibility index (Phi) is 3.36. The number of rotatable bonds is 2. The van der Waals surface area contributed by atoms with Crippen molar-refractivity contribution in [1.29, 1.82) is 0 Å². The molecule has 3 heterocycles. The van der Waals surface area contributed by atoms with Crippen LogP contribution in [0.25, 0.3) is 27.1 Å². The molecule has 122 valence electrons. The summed E-state index contributed by atoms with van der Waals surface area (Å²) in [4.78, 5) is 0.421. The van der Waals surface area contributed by atoms with Crippen LogP contribution in [0, 0.1) is 0 Å². The SMILES string of the molecule is FC(F)(F)c1ccc(Cl)c(-c2nn3c(-c4ccco4)nnc3s2)c1. The molecule has 0 unspecified atom stereocenters. The molecule has 0 saturated carbocycles. The van der Waals surface area contributed by atoms with Crippen LogP contribution in [0.3, 0.4) is 0 Å². The molecule has 0 bridgehead atoms. The number of hydrogen-bond donors (Lipinski definition) is 0. The molecule has 1 aromatic carbocycles. The fourth-order valence-electron chi connectivity index (χ4n) is 2.15. The number of furan rings is 1. The minimum absolute atomic E-state index is 0.174. The summed E-state index contributed by atoms with van der Waals surface area (Å²) in [5, 5.41) is 12.7. The van der Waals surface area contributed by atoms with Crippen molar-refractivity contribution in [2.45, 2.75) is 6.18 Å². The number of aromatic nitrogens is 4. The third-order valence-electron chi connectivity index (χ3n) is 3.26. The summed E-state index contributed by atoms with van der Waals surface area (Å²) in [7, 11) is 0. The van der Waals surface area contributed by atoms with Gasteiger partial charge in [0.25, 0.3) is 0 Å². The number of benzene rings is 1. The van der Waals surface area contributed by atoms with E-state index in [0.29, 0.717) is 21.6 Å². The molecule has 5 nitrogen and oxygen atoms in total. The predicted molar refractivity (Wildman–Crippen MR) is 81.8 cm³/mol. The van der Waals surface area contributed by atoms with Crippen LogP contribution in [-0.2, 0) is 6.18 Å². The van der Waals surface area contributed by atoms with E-state index < -0.39 is 11.7 Å². The highest BCUT2D eigenvalue weighted by Crippen LogP contribution is 2.37. The average molecular weight is 371 g/mol. The number of fused-ring (bicyclic) bond motifs is 1. The van der Waals surface area contributed by atoms with Crippen LogP contribution >= 0.6 is 22.9 Å². The van der Waals surface area contributed by atoms with Crippen molar-refractivity contribution in [3.05, 3.63) is 47.2 Å². The van der Waals surface area contributed by atoms with E-state index in [1.165, 1.54) is 16.8 Å². The molecule has 0 aliphatic carbocycles. The van der Waals surface area contributed by atoms with Crippen LogP contribution in [0.5, 0.6) is 0 Å².